The number of aromatic nitrogens is 5. The number of pyridine rings is 1. The maximum absolute atomic E-state index is 11.9. The van der Waals surface area contributed by atoms with Crippen LogP contribution in [0.1, 0.15) is 38.1 Å². The van der Waals surface area contributed by atoms with Crippen molar-refractivity contribution < 1.29 is 43.1 Å². The maximum Gasteiger partial charge on any atom is 0.430 e. The first-order valence-corrected chi connectivity index (χ1v) is 9.37. The number of aliphatic carboxylic acids is 2. The quantitative estimate of drug-likeness (QED) is 0.413. The number of anilines is 1. The molecule has 178 valence electrons. The van der Waals surface area contributed by atoms with Crippen LogP contribution in [-0.4, -0.2) is 62.1 Å². The zero-order chi connectivity index (χ0) is 24.5. The van der Waals surface area contributed by atoms with E-state index in [1.807, 2.05) is 39.1 Å². The van der Waals surface area contributed by atoms with Gasteiger partial charge in [-0.2, -0.15) is 18.4 Å². The van der Waals surface area contributed by atoms with Gasteiger partial charge in [0.1, 0.15) is 12.5 Å². The summed E-state index contributed by atoms with van der Waals surface area (Å²) in [6.07, 6.45) is -2.92. The third kappa shape index (κ3) is 8.45. The van der Waals surface area contributed by atoms with E-state index in [0.29, 0.717) is 18.8 Å². The summed E-state index contributed by atoms with van der Waals surface area (Å²) in [4.78, 5) is 23.8. The Kier molecular flexibility index (Phi) is 9.50. The van der Waals surface area contributed by atoms with E-state index in [9.17, 15) is 23.1 Å². The number of halogens is 3. The van der Waals surface area contributed by atoms with Crippen molar-refractivity contribution in [3.8, 4) is 0 Å². The highest BCUT2D eigenvalue weighted by molar-refractivity contribution is 5.72. The molecule has 0 aliphatic carbocycles. The summed E-state index contributed by atoms with van der Waals surface area (Å²) in [6, 6.07) is 3.76. The lowest BCUT2D eigenvalue weighted by Gasteiger charge is -2.32. The zero-order valence-electron chi connectivity index (χ0n) is 17.6. The summed E-state index contributed by atoms with van der Waals surface area (Å²) in [5.74, 6) is -3.80. The number of alkyl halides is 3. The summed E-state index contributed by atoms with van der Waals surface area (Å²) in [6.45, 7) is 6.18. The van der Waals surface area contributed by atoms with Crippen LogP contribution in [0.15, 0.2) is 18.3 Å². The van der Waals surface area contributed by atoms with Gasteiger partial charge in [0.25, 0.3) is 5.82 Å². The van der Waals surface area contributed by atoms with Crippen LogP contribution in [-0.2, 0) is 16.0 Å². The fourth-order valence-electron chi connectivity index (χ4n) is 2.97. The number of hydrogen-bond acceptors (Lipinski definition) is 8. The van der Waals surface area contributed by atoms with E-state index in [1.165, 1.54) is 0 Å². The van der Waals surface area contributed by atoms with Crippen molar-refractivity contribution in [3.63, 3.8) is 0 Å². The molecule has 0 spiro atoms. The summed E-state index contributed by atoms with van der Waals surface area (Å²) in [7, 11) is 0. The highest BCUT2D eigenvalue weighted by Crippen LogP contribution is 2.38. The van der Waals surface area contributed by atoms with Crippen molar-refractivity contribution >= 4 is 17.8 Å². The largest absolute Gasteiger partial charge is 0.542 e. The second-order valence-electron chi connectivity index (χ2n) is 7.81. The third-order valence-electron chi connectivity index (χ3n) is 4.29. The van der Waals surface area contributed by atoms with Crippen molar-refractivity contribution in [2.24, 2.45) is 11.3 Å². The molecule has 0 fully saturated rings. The average molecular weight is 462 g/mol. The Morgan fingerprint density at radius 3 is 2.28 bits per heavy atom. The predicted molar refractivity (Wildman–Crippen MR) is 101 cm³/mol. The van der Waals surface area contributed by atoms with Gasteiger partial charge >= 0.3 is 12.1 Å². The summed E-state index contributed by atoms with van der Waals surface area (Å²) < 4.78 is 31.5. The number of carbonyl (C=O) groups is 2. The molecule has 0 radical (unpaired) electrons. The van der Waals surface area contributed by atoms with Crippen molar-refractivity contribution in [3.05, 3.63) is 29.7 Å². The number of carbonyl (C=O) groups excluding carboxylic acids is 1. The van der Waals surface area contributed by atoms with Crippen LogP contribution in [0.5, 0.6) is 0 Å². The lowest BCUT2D eigenvalue weighted by Crippen LogP contribution is -2.37. The van der Waals surface area contributed by atoms with E-state index < -0.39 is 35.4 Å². The zero-order valence-corrected chi connectivity index (χ0v) is 17.6. The van der Waals surface area contributed by atoms with Crippen LogP contribution in [0, 0.1) is 11.3 Å². The highest BCUT2D eigenvalue weighted by atomic mass is 19.4. The molecule has 0 amide bonds. The molecule has 2 aromatic rings. The van der Waals surface area contributed by atoms with Gasteiger partial charge in [0.2, 0.25) is 0 Å². The standard InChI is InChI=1S/C16H24N6O3.C2HF3O2/c1-16(2,3)13(15(24)25)11(14-19-21-22-20-14)8-10-4-5-12(18-9-10)17-6-7-23;3-2(4,5)1(6)7/h4-5,9,11,13,23H,6-8H2,1-3H3,(H,17,18)(H,24,25)(H,19,20,21,22);(H,6,7)/t11-,13-;/m0./s1. The molecule has 0 bridgehead atoms. The fraction of sp³-hybridized carbons (Fsp3) is 0.556. The Hall–Kier alpha value is -3.29. The van der Waals surface area contributed by atoms with Gasteiger partial charge in [-0.3, -0.25) is 10.1 Å². The number of rotatable bonds is 8. The van der Waals surface area contributed by atoms with E-state index in [4.69, 9.17) is 15.0 Å². The minimum atomic E-state index is -5.19. The Bertz CT molecular complexity index is 853. The number of H-pyrrole nitrogens is 2. The first-order valence-electron chi connectivity index (χ1n) is 9.37. The SMILES string of the molecule is CC(C)(C)[C@H](C(=O)O)[C@H](Cc1ccc(NCCO)[nH+]c1)c1nn[nH]n1.O=C([O-])C(F)(F)F. The molecule has 11 nitrogen and oxygen atoms in total. The Labute approximate surface area is 181 Å². The summed E-state index contributed by atoms with van der Waals surface area (Å²) in [5, 5.41) is 44.5. The van der Waals surface area contributed by atoms with Crippen molar-refractivity contribution in [2.75, 3.05) is 18.5 Å². The van der Waals surface area contributed by atoms with E-state index in [2.05, 4.69) is 30.9 Å². The average Bonchev–Trinajstić information content (AvgIpc) is 3.20. The number of aromatic amines is 2. The van der Waals surface area contributed by atoms with Gasteiger partial charge in [0.05, 0.1) is 18.7 Å². The molecule has 0 aliphatic rings. The predicted octanol–water partition coefficient (Wildman–Crippen LogP) is -0.210. The number of nitrogens with zero attached hydrogens (tertiary/aromatic N) is 3. The van der Waals surface area contributed by atoms with Gasteiger partial charge in [-0.15, -0.1) is 10.2 Å². The fourth-order valence-corrected chi connectivity index (χ4v) is 2.97. The third-order valence-corrected chi connectivity index (χ3v) is 4.29. The minimum absolute atomic E-state index is 0.0430. The maximum atomic E-state index is 11.9. The van der Waals surface area contributed by atoms with Crippen LogP contribution >= 0.6 is 0 Å². The van der Waals surface area contributed by atoms with Crippen LogP contribution in [0.25, 0.3) is 0 Å². The molecular weight excluding hydrogens is 437 g/mol. The highest BCUT2D eigenvalue weighted by Gasteiger charge is 2.41. The first-order chi connectivity index (χ1) is 14.8. The Balaban J connectivity index is 0.000000633. The van der Waals surface area contributed by atoms with Gasteiger partial charge < -0.3 is 20.1 Å². The van der Waals surface area contributed by atoms with Crippen LogP contribution < -0.4 is 15.4 Å². The van der Waals surface area contributed by atoms with Gasteiger partial charge in [-0.05, 0) is 23.5 Å². The lowest BCUT2D eigenvalue weighted by atomic mass is 9.71. The number of aliphatic hydroxyl groups excluding tert-OH is 1. The van der Waals surface area contributed by atoms with Crippen molar-refractivity contribution in [1.82, 2.24) is 20.6 Å². The number of carboxylic acid groups (broad SMARTS) is 2. The second kappa shape index (κ2) is 11.4. The van der Waals surface area contributed by atoms with Gasteiger partial charge in [0.15, 0.2) is 5.82 Å². The van der Waals surface area contributed by atoms with E-state index in [-0.39, 0.29) is 6.61 Å². The Morgan fingerprint density at radius 2 is 1.91 bits per heavy atom. The van der Waals surface area contributed by atoms with Crippen molar-refractivity contribution in [2.45, 2.75) is 39.3 Å². The minimum Gasteiger partial charge on any atom is -0.542 e. The molecule has 0 saturated heterocycles. The summed E-state index contributed by atoms with van der Waals surface area (Å²) in [5.41, 5.74) is 0.462. The van der Waals surface area contributed by atoms with Crippen LogP contribution in [0.4, 0.5) is 19.0 Å². The molecule has 2 atom stereocenters. The molecule has 2 rings (SSSR count). The molecular formula is C18H25F3N6O5. The molecule has 2 aromatic heterocycles. The smallest absolute Gasteiger partial charge is 0.430 e. The molecule has 5 N–H and O–H groups in total. The summed E-state index contributed by atoms with van der Waals surface area (Å²) >= 11 is 0. The second-order valence-corrected chi connectivity index (χ2v) is 7.81. The molecule has 0 saturated carbocycles. The number of nitrogens with one attached hydrogen (secondary N) is 3. The van der Waals surface area contributed by atoms with Gasteiger partial charge in [-0.1, -0.05) is 26.0 Å². The molecule has 2 heterocycles. The van der Waals surface area contributed by atoms with E-state index in [1.54, 1.807) is 0 Å². The van der Waals surface area contributed by atoms with Crippen molar-refractivity contribution in [1.29, 1.82) is 0 Å². The number of aliphatic hydroxyl groups is 1. The Morgan fingerprint density at radius 1 is 1.28 bits per heavy atom. The van der Waals surface area contributed by atoms with E-state index >= 15 is 0 Å². The molecule has 0 aromatic carbocycles. The van der Waals surface area contributed by atoms with Gasteiger partial charge in [0, 0.05) is 12.0 Å². The molecule has 32 heavy (non-hydrogen) atoms. The van der Waals surface area contributed by atoms with E-state index in [0.717, 1.165) is 11.4 Å². The van der Waals surface area contributed by atoms with Crippen LogP contribution in [0.3, 0.4) is 0 Å². The first kappa shape index (κ1) is 26.7. The number of hydrogen-bond donors (Lipinski definition) is 4. The lowest BCUT2D eigenvalue weighted by molar-refractivity contribution is -0.362. The number of tetrazole rings is 1. The normalized spacial score (nSPS) is 13.5. The van der Waals surface area contributed by atoms with Gasteiger partial charge in [-0.25, -0.2) is 4.98 Å². The molecule has 14 heteroatoms. The molecule has 0 aliphatic heterocycles. The topological polar surface area (TPSA) is 178 Å². The monoisotopic (exact) mass is 462 g/mol. The number of carboxylic acids is 2. The van der Waals surface area contributed by atoms with Crippen LogP contribution in [0.2, 0.25) is 0 Å². The molecule has 0 unspecified atom stereocenters.